The van der Waals surface area contributed by atoms with E-state index in [2.05, 4.69) is 4.98 Å². The Morgan fingerprint density at radius 3 is 2.48 bits per heavy atom. The number of hydrogen-bond donors (Lipinski definition) is 0. The van der Waals surface area contributed by atoms with Crippen LogP contribution in [0.2, 0.25) is 0 Å². The minimum atomic E-state index is 0.0770. The monoisotopic (exact) mass is 310 g/mol. The van der Waals surface area contributed by atoms with Crippen LogP contribution >= 0.6 is 0 Å². The molecule has 0 aliphatic carbocycles. The minimum Gasteiger partial charge on any atom is -0.491 e. The summed E-state index contributed by atoms with van der Waals surface area (Å²) in [5, 5.41) is 0. The Kier molecular flexibility index (Phi) is 4.60. The van der Waals surface area contributed by atoms with Gasteiger partial charge in [0.05, 0.1) is 17.4 Å². The van der Waals surface area contributed by atoms with E-state index in [1.165, 1.54) is 0 Å². The molecule has 0 bridgehead atoms. The van der Waals surface area contributed by atoms with Gasteiger partial charge in [0, 0.05) is 24.8 Å². The topological polar surface area (TPSA) is 42.4 Å². The van der Waals surface area contributed by atoms with Crippen molar-refractivity contribution in [2.45, 2.75) is 32.8 Å². The average Bonchev–Trinajstić information content (AvgIpc) is 3.09. The van der Waals surface area contributed by atoms with Gasteiger partial charge < -0.3 is 9.64 Å². The number of pyridine rings is 1. The van der Waals surface area contributed by atoms with Crippen LogP contribution in [-0.2, 0) is 0 Å². The second kappa shape index (κ2) is 6.82. The Bertz CT molecular complexity index is 674. The van der Waals surface area contributed by atoms with E-state index >= 15 is 0 Å². The van der Waals surface area contributed by atoms with E-state index in [9.17, 15) is 4.79 Å². The molecule has 23 heavy (non-hydrogen) atoms. The Morgan fingerprint density at radius 2 is 1.83 bits per heavy atom. The molecule has 1 saturated heterocycles. The van der Waals surface area contributed by atoms with Gasteiger partial charge in [0.25, 0.3) is 5.91 Å². The lowest BCUT2D eigenvalue weighted by atomic mass is 10.0. The summed E-state index contributed by atoms with van der Waals surface area (Å²) in [6, 6.07) is 11.5. The Morgan fingerprint density at radius 1 is 1.13 bits per heavy atom. The van der Waals surface area contributed by atoms with Crippen molar-refractivity contribution in [3.63, 3.8) is 0 Å². The summed E-state index contributed by atoms with van der Waals surface area (Å²) in [5.41, 5.74) is 2.34. The summed E-state index contributed by atoms with van der Waals surface area (Å²) >= 11 is 0. The van der Waals surface area contributed by atoms with E-state index in [0.29, 0.717) is 5.56 Å². The second-order valence-electron chi connectivity index (χ2n) is 6.09. The molecule has 1 aromatic heterocycles. The quantitative estimate of drug-likeness (QED) is 0.863. The highest BCUT2D eigenvalue weighted by molar-refractivity contribution is 6.00. The Balaban J connectivity index is 1.89. The molecule has 120 valence electrons. The van der Waals surface area contributed by atoms with E-state index in [-0.39, 0.29) is 12.0 Å². The predicted molar refractivity (Wildman–Crippen MR) is 90.6 cm³/mol. The van der Waals surface area contributed by atoms with Crippen molar-refractivity contribution in [3.05, 3.63) is 48.2 Å². The number of aromatic nitrogens is 1. The summed E-state index contributed by atoms with van der Waals surface area (Å²) in [5.74, 6) is 0.903. The van der Waals surface area contributed by atoms with Crippen LogP contribution in [-0.4, -0.2) is 35.0 Å². The molecule has 1 amide bonds. The fourth-order valence-electron chi connectivity index (χ4n) is 2.86. The van der Waals surface area contributed by atoms with Crippen molar-refractivity contribution < 1.29 is 9.53 Å². The molecule has 0 spiro atoms. The fourth-order valence-corrected chi connectivity index (χ4v) is 2.86. The lowest BCUT2D eigenvalue weighted by Crippen LogP contribution is -2.28. The molecular weight excluding hydrogens is 288 g/mol. The first-order valence-corrected chi connectivity index (χ1v) is 8.16. The molecule has 4 nitrogen and oxygen atoms in total. The zero-order chi connectivity index (χ0) is 16.2. The molecule has 2 heterocycles. The summed E-state index contributed by atoms with van der Waals surface area (Å²) < 4.78 is 5.67. The standard InChI is InChI=1S/C19H22N2O2/c1-14(2)23-16-9-7-15(8-10-16)18-17(6-5-11-20-18)19(22)21-12-3-4-13-21/h5-11,14H,3-4,12-13H2,1-2H3. The SMILES string of the molecule is CC(C)Oc1ccc(-c2ncccc2C(=O)N2CCCC2)cc1. The number of nitrogens with zero attached hydrogens (tertiary/aromatic N) is 2. The number of carbonyl (C=O) groups is 1. The van der Waals surface area contributed by atoms with Gasteiger partial charge in [0.2, 0.25) is 0 Å². The van der Waals surface area contributed by atoms with E-state index in [4.69, 9.17) is 4.74 Å². The third kappa shape index (κ3) is 3.52. The van der Waals surface area contributed by atoms with E-state index in [1.54, 1.807) is 6.20 Å². The van der Waals surface area contributed by atoms with Gasteiger partial charge in [0.15, 0.2) is 0 Å². The lowest BCUT2D eigenvalue weighted by Gasteiger charge is -2.17. The lowest BCUT2D eigenvalue weighted by molar-refractivity contribution is 0.0793. The van der Waals surface area contributed by atoms with E-state index in [1.807, 2.05) is 55.1 Å². The van der Waals surface area contributed by atoms with Gasteiger partial charge in [-0.2, -0.15) is 0 Å². The first-order chi connectivity index (χ1) is 11.1. The molecule has 0 unspecified atom stereocenters. The molecule has 0 radical (unpaired) electrons. The largest absolute Gasteiger partial charge is 0.491 e. The third-order valence-corrected chi connectivity index (χ3v) is 3.93. The normalized spacial score (nSPS) is 14.3. The maximum Gasteiger partial charge on any atom is 0.256 e. The molecule has 1 aliphatic rings. The van der Waals surface area contributed by atoms with Gasteiger partial charge in [-0.15, -0.1) is 0 Å². The van der Waals surface area contributed by atoms with Crippen LogP contribution in [0.5, 0.6) is 5.75 Å². The number of benzene rings is 1. The summed E-state index contributed by atoms with van der Waals surface area (Å²) in [6.45, 7) is 5.68. The van der Waals surface area contributed by atoms with Crippen LogP contribution in [0.25, 0.3) is 11.3 Å². The molecule has 4 heteroatoms. The second-order valence-corrected chi connectivity index (χ2v) is 6.09. The predicted octanol–water partition coefficient (Wildman–Crippen LogP) is 3.77. The molecule has 1 aliphatic heterocycles. The van der Waals surface area contributed by atoms with E-state index < -0.39 is 0 Å². The van der Waals surface area contributed by atoms with Gasteiger partial charge >= 0.3 is 0 Å². The minimum absolute atomic E-state index is 0.0770. The number of amides is 1. The first-order valence-electron chi connectivity index (χ1n) is 8.16. The van der Waals surface area contributed by atoms with Crippen LogP contribution in [0.3, 0.4) is 0 Å². The van der Waals surface area contributed by atoms with Crippen LogP contribution < -0.4 is 4.74 Å². The number of rotatable bonds is 4. The summed E-state index contributed by atoms with van der Waals surface area (Å²) in [4.78, 5) is 19.1. The van der Waals surface area contributed by atoms with Crippen LogP contribution in [0, 0.1) is 0 Å². The maximum atomic E-state index is 12.7. The molecule has 3 rings (SSSR count). The van der Waals surface area contributed by atoms with Crippen molar-refractivity contribution in [1.29, 1.82) is 0 Å². The third-order valence-electron chi connectivity index (χ3n) is 3.93. The van der Waals surface area contributed by atoms with Crippen molar-refractivity contribution in [1.82, 2.24) is 9.88 Å². The van der Waals surface area contributed by atoms with E-state index in [0.717, 1.165) is 42.9 Å². The first kappa shape index (κ1) is 15.5. The van der Waals surface area contributed by atoms with Crippen LogP contribution in [0.4, 0.5) is 0 Å². The van der Waals surface area contributed by atoms with Crippen LogP contribution in [0.1, 0.15) is 37.0 Å². The Labute approximate surface area is 137 Å². The van der Waals surface area contributed by atoms with Gasteiger partial charge in [-0.1, -0.05) is 0 Å². The van der Waals surface area contributed by atoms with Crippen molar-refractivity contribution in [2.75, 3.05) is 13.1 Å². The number of ether oxygens (including phenoxy) is 1. The molecule has 1 aromatic carbocycles. The molecule has 2 aromatic rings. The molecule has 0 saturated carbocycles. The molecular formula is C19H22N2O2. The van der Waals surface area contributed by atoms with Gasteiger partial charge in [-0.25, -0.2) is 0 Å². The van der Waals surface area contributed by atoms with Crippen molar-refractivity contribution in [2.24, 2.45) is 0 Å². The Hall–Kier alpha value is -2.36. The molecule has 0 atom stereocenters. The van der Waals surface area contributed by atoms with Crippen molar-refractivity contribution in [3.8, 4) is 17.0 Å². The zero-order valence-electron chi connectivity index (χ0n) is 13.7. The smallest absolute Gasteiger partial charge is 0.256 e. The van der Waals surface area contributed by atoms with Gasteiger partial charge in [0.1, 0.15) is 5.75 Å². The number of hydrogen-bond acceptors (Lipinski definition) is 3. The van der Waals surface area contributed by atoms with Gasteiger partial charge in [-0.3, -0.25) is 9.78 Å². The van der Waals surface area contributed by atoms with Crippen molar-refractivity contribution >= 4 is 5.91 Å². The van der Waals surface area contributed by atoms with Gasteiger partial charge in [-0.05, 0) is 63.1 Å². The molecule has 1 fully saturated rings. The maximum absolute atomic E-state index is 12.7. The highest BCUT2D eigenvalue weighted by Crippen LogP contribution is 2.26. The highest BCUT2D eigenvalue weighted by Gasteiger charge is 2.22. The zero-order valence-corrected chi connectivity index (χ0v) is 13.7. The molecule has 0 N–H and O–H groups in total. The van der Waals surface area contributed by atoms with Crippen LogP contribution in [0.15, 0.2) is 42.6 Å². The summed E-state index contributed by atoms with van der Waals surface area (Å²) in [7, 11) is 0. The summed E-state index contributed by atoms with van der Waals surface area (Å²) in [6.07, 6.45) is 4.04. The number of likely N-dealkylation sites (tertiary alicyclic amines) is 1. The fraction of sp³-hybridized carbons (Fsp3) is 0.368. The average molecular weight is 310 g/mol. The number of carbonyl (C=O) groups excluding carboxylic acids is 1. The highest BCUT2D eigenvalue weighted by atomic mass is 16.5.